The summed E-state index contributed by atoms with van der Waals surface area (Å²) in [6.45, 7) is 4.35. The summed E-state index contributed by atoms with van der Waals surface area (Å²) in [6.07, 6.45) is 1.08. The fraction of sp³-hybridized carbons (Fsp3) is 0.417. The van der Waals surface area contributed by atoms with E-state index in [0.29, 0.717) is 23.0 Å². The van der Waals surface area contributed by atoms with Crippen LogP contribution in [-0.2, 0) is 0 Å². The lowest BCUT2D eigenvalue weighted by Crippen LogP contribution is -2.18. The molecule has 0 heterocycles. The molecule has 1 unspecified atom stereocenters. The van der Waals surface area contributed by atoms with E-state index in [4.69, 9.17) is 11.5 Å². The number of para-hydroxylation sites is 1. The third-order valence-corrected chi connectivity index (χ3v) is 3.19. The first-order valence-corrected chi connectivity index (χ1v) is 5.36. The van der Waals surface area contributed by atoms with Crippen LogP contribution in [0.2, 0.25) is 0 Å². The molecule has 0 spiro atoms. The minimum Gasteiger partial charge on any atom is -0.397 e. The van der Waals surface area contributed by atoms with Crippen molar-refractivity contribution in [1.29, 1.82) is 0 Å². The maximum atomic E-state index is 11.3. The van der Waals surface area contributed by atoms with E-state index < -0.39 is 5.91 Å². The maximum Gasteiger partial charge on any atom is 0.250 e. The van der Waals surface area contributed by atoms with Crippen LogP contribution in [0.1, 0.15) is 30.6 Å². The van der Waals surface area contributed by atoms with Crippen molar-refractivity contribution in [3.05, 3.63) is 23.8 Å². The van der Waals surface area contributed by atoms with Gasteiger partial charge in [0.1, 0.15) is 0 Å². The van der Waals surface area contributed by atoms with E-state index in [1.54, 1.807) is 18.2 Å². The lowest BCUT2D eigenvalue weighted by molar-refractivity contribution is 0.100. The van der Waals surface area contributed by atoms with Crippen molar-refractivity contribution in [2.24, 2.45) is 11.1 Å². The van der Waals surface area contributed by atoms with Crippen LogP contribution in [0.5, 0.6) is 0 Å². The fourth-order valence-electron chi connectivity index (χ4n) is 1.82. The Balaban J connectivity index is 2.29. The number of hydrogen-bond acceptors (Lipinski definition) is 3. The molecule has 0 bridgehead atoms. The summed E-state index contributed by atoms with van der Waals surface area (Å²) in [5.41, 5.74) is 13.1. The number of rotatable bonds is 3. The van der Waals surface area contributed by atoms with E-state index in [1.165, 1.54) is 0 Å². The first-order chi connectivity index (χ1) is 7.42. The highest BCUT2D eigenvalue weighted by atomic mass is 16.1. The van der Waals surface area contributed by atoms with Gasteiger partial charge in [-0.3, -0.25) is 4.79 Å². The van der Waals surface area contributed by atoms with Gasteiger partial charge in [0.25, 0.3) is 5.91 Å². The summed E-state index contributed by atoms with van der Waals surface area (Å²) in [7, 11) is 0. The Morgan fingerprint density at radius 1 is 1.50 bits per heavy atom. The number of primary amides is 1. The molecule has 16 heavy (non-hydrogen) atoms. The number of nitrogens with one attached hydrogen (secondary N) is 1. The number of hydrogen-bond donors (Lipinski definition) is 3. The minimum atomic E-state index is -0.451. The molecule has 1 amide bonds. The molecular weight excluding hydrogens is 202 g/mol. The summed E-state index contributed by atoms with van der Waals surface area (Å²) in [6, 6.07) is 5.56. The second kappa shape index (κ2) is 3.40. The summed E-state index contributed by atoms with van der Waals surface area (Å²) in [5.74, 6) is -0.451. The number of nitrogens with two attached hydrogens (primary N) is 2. The topological polar surface area (TPSA) is 81.1 Å². The number of carbonyl (C=O) groups excluding carboxylic acids is 1. The number of anilines is 2. The lowest BCUT2D eigenvalue weighted by Gasteiger charge is -2.13. The van der Waals surface area contributed by atoms with Crippen LogP contribution in [0.15, 0.2) is 18.2 Å². The quantitative estimate of drug-likeness (QED) is 0.675. The molecule has 4 heteroatoms. The Labute approximate surface area is 95.0 Å². The van der Waals surface area contributed by atoms with E-state index in [0.717, 1.165) is 6.42 Å². The maximum absolute atomic E-state index is 11.3. The first-order valence-electron chi connectivity index (χ1n) is 5.36. The van der Waals surface area contributed by atoms with E-state index in [-0.39, 0.29) is 5.41 Å². The van der Waals surface area contributed by atoms with Crippen LogP contribution >= 0.6 is 0 Å². The third-order valence-electron chi connectivity index (χ3n) is 3.19. The second-order valence-electron chi connectivity index (χ2n) is 5.02. The van der Waals surface area contributed by atoms with Crippen molar-refractivity contribution in [3.8, 4) is 0 Å². The van der Waals surface area contributed by atoms with Gasteiger partial charge in [-0.25, -0.2) is 0 Å². The van der Waals surface area contributed by atoms with Gasteiger partial charge in [0.15, 0.2) is 0 Å². The highest BCUT2D eigenvalue weighted by Gasteiger charge is 2.46. The van der Waals surface area contributed by atoms with E-state index in [1.807, 2.05) is 0 Å². The summed E-state index contributed by atoms with van der Waals surface area (Å²) in [5, 5.41) is 3.30. The molecule has 0 saturated heterocycles. The SMILES string of the molecule is CC1(C)CC1Nc1c(N)cccc1C(N)=O. The normalized spacial score (nSPS) is 21.5. The predicted molar refractivity (Wildman–Crippen MR) is 65.2 cm³/mol. The van der Waals surface area contributed by atoms with Crippen LogP contribution in [0.25, 0.3) is 0 Å². The van der Waals surface area contributed by atoms with Crippen LogP contribution in [0.3, 0.4) is 0 Å². The standard InChI is InChI=1S/C12H17N3O/c1-12(2)6-9(12)15-10-7(11(14)16)4-3-5-8(10)13/h3-5,9,15H,6,13H2,1-2H3,(H2,14,16). The fourth-order valence-corrected chi connectivity index (χ4v) is 1.82. The lowest BCUT2D eigenvalue weighted by atomic mass is 10.1. The molecule has 0 aromatic heterocycles. The molecule has 0 radical (unpaired) electrons. The van der Waals surface area contributed by atoms with Gasteiger partial charge < -0.3 is 16.8 Å². The third kappa shape index (κ3) is 1.83. The Kier molecular flexibility index (Phi) is 2.30. The monoisotopic (exact) mass is 219 g/mol. The van der Waals surface area contributed by atoms with E-state index in [9.17, 15) is 4.79 Å². The van der Waals surface area contributed by atoms with E-state index in [2.05, 4.69) is 19.2 Å². The average molecular weight is 219 g/mol. The Morgan fingerprint density at radius 3 is 2.62 bits per heavy atom. The smallest absolute Gasteiger partial charge is 0.250 e. The summed E-state index contributed by atoms with van der Waals surface area (Å²) in [4.78, 5) is 11.3. The van der Waals surface area contributed by atoms with Gasteiger partial charge in [-0.15, -0.1) is 0 Å². The number of benzene rings is 1. The van der Waals surface area contributed by atoms with Crippen molar-refractivity contribution in [3.63, 3.8) is 0 Å². The molecule has 1 aliphatic rings. The Bertz CT molecular complexity index is 440. The first kappa shape index (κ1) is 10.8. The number of nitrogen functional groups attached to an aromatic ring is 1. The van der Waals surface area contributed by atoms with Gasteiger partial charge >= 0.3 is 0 Å². The molecule has 1 aromatic carbocycles. The molecule has 86 valence electrons. The van der Waals surface area contributed by atoms with Gasteiger partial charge in [-0.1, -0.05) is 19.9 Å². The molecule has 4 nitrogen and oxygen atoms in total. The van der Waals surface area contributed by atoms with Crippen LogP contribution < -0.4 is 16.8 Å². The van der Waals surface area contributed by atoms with Gasteiger partial charge in [0.2, 0.25) is 0 Å². The van der Waals surface area contributed by atoms with Gasteiger partial charge in [0.05, 0.1) is 16.9 Å². The molecule has 1 fully saturated rings. The molecule has 1 saturated carbocycles. The molecule has 1 aliphatic carbocycles. The Morgan fingerprint density at radius 2 is 2.12 bits per heavy atom. The highest BCUT2D eigenvalue weighted by Crippen LogP contribution is 2.47. The summed E-state index contributed by atoms with van der Waals surface area (Å²) >= 11 is 0. The average Bonchev–Trinajstić information content (AvgIpc) is 2.77. The summed E-state index contributed by atoms with van der Waals surface area (Å²) < 4.78 is 0. The van der Waals surface area contributed by atoms with Gasteiger partial charge in [-0.2, -0.15) is 0 Å². The molecule has 1 atom stereocenters. The predicted octanol–water partition coefficient (Wildman–Crippen LogP) is 1.58. The van der Waals surface area contributed by atoms with Crippen molar-refractivity contribution in [2.45, 2.75) is 26.3 Å². The number of carbonyl (C=O) groups is 1. The van der Waals surface area contributed by atoms with Crippen molar-refractivity contribution < 1.29 is 4.79 Å². The van der Waals surface area contributed by atoms with Crippen molar-refractivity contribution in [1.82, 2.24) is 0 Å². The molecular formula is C12H17N3O. The number of amides is 1. The zero-order chi connectivity index (χ0) is 11.9. The zero-order valence-electron chi connectivity index (χ0n) is 9.58. The van der Waals surface area contributed by atoms with Gasteiger partial charge in [-0.05, 0) is 24.0 Å². The molecule has 1 aromatic rings. The van der Waals surface area contributed by atoms with E-state index >= 15 is 0 Å². The minimum absolute atomic E-state index is 0.275. The van der Waals surface area contributed by atoms with Crippen LogP contribution in [0, 0.1) is 5.41 Å². The van der Waals surface area contributed by atoms with Crippen molar-refractivity contribution in [2.75, 3.05) is 11.1 Å². The van der Waals surface area contributed by atoms with Gasteiger partial charge in [0, 0.05) is 6.04 Å². The van der Waals surface area contributed by atoms with Crippen molar-refractivity contribution >= 4 is 17.3 Å². The van der Waals surface area contributed by atoms with Crippen LogP contribution in [-0.4, -0.2) is 11.9 Å². The molecule has 5 N–H and O–H groups in total. The Hall–Kier alpha value is -1.71. The second-order valence-corrected chi connectivity index (χ2v) is 5.02. The largest absolute Gasteiger partial charge is 0.397 e. The van der Waals surface area contributed by atoms with Crippen LogP contribution in [0.4, 0.5) is 11.4 Å². The highest BCUT2D eigenvalue weighted by molar-refractivity contribution is 6.01. The zero-order valence-corrected chi connectivity index (χ0v) is 9.58. The molecule has 0 aliphatic heterocycles. The molecule has 2 rings (SSSR count).